The van der Waals surface area contributed by atoms with Gasteiger partial charge < -0.3 is 15.2 Å². The van der Waals surface area contributed by atoms with Crippen molar-refractivity contribution in [2.24, 2.45) is 0 Å². The van der Waals surface area contributed by atoms with Crippen molar-refractivity contribution in [2.75, 3.05) is 13.2 Å². The van der Waals surface area contributed by atoms with Crippen LogP contribution in [0.4, 0.5) is 0 Å². The van der Waals surface area contributed by atoms with E-state index in [0.717, 1.165) is 25.1 Å². The highest BCUT2D eigenvalue weighted by atomic mass is 16.5. The molecule has 0 radical (unpaired) electrons. The second-order valence-electron chi connectivity index (χ2n) is 6.05. The summed E-state index contributed by atoms with van der Waals surface area (Å²) in [6, 6.07) is 4.65. The van der Waals surface area contributed by atoms with Gasteiger partial charge in [0.05, 0.1) is 6.10 Å². The number of aryl methyl sites for hydroxylation is 1. The Morgan fingerprint density at radius 3 is 2.75 bits per heavy atom. The lowest BCUT2D eigenvalue weighted by Crippen LogP contribution is -2.29. The van der Waals surface area contributed by atoms with E-state index in [1.807, 2.05) is 0 Å². The molecule has 1 aliphatic rings. The number of benzene rings is 1. The number of aliphatic hydroxyl groups excluding tert-OH is 1. The maximum Gasteiger partial charge on any atom is 0.122 e. The average Bonchev–Trinajstić information content (AvgIpc) is 2.88. The molecule has 0 amide bonds. The Morgan fingerprint density at radius 1 is 1.25 bits per heavy atom. The van der Waals surface area contributed by atoms with Crippen molar-refractivity contribution in [3.05, 3.63) is 28.8 Å². The van der Waals surface area contributed by atoms with Gasteiger partial charge in [-0.1, -0.05) is 19.9 Å². The van der Waals surface area contributed by atoms with Crippen LogP contribution in [0.25, 0.3) is 0 Å². The van der Waals surface area contributed by atoms with E-state index < -0.39 is 6.10 Å². The summed E-state index contributed by atoms with van der Waals surface area (Å²) in [7, 11) is 0. The predicted molar refractivity (Wildman–Crippen MR) is 82.5 cm³/mol. The van der Waals surface area contributed by atoms with Crippen LogP contribution in [0.5, 0.6) is 5.75 Å². The molecule has 2 N–H and O–H groups in total. The van der Waals surface area contributed by atoms with Crippen LogP contribution in [0.15, 0.2) is 12.1 Å². The van der Waals surface area contributed by atoms with Crippen LogP contribution in [-0.4, -0.2) is 30.4 Å². The number of aliphatic hydroxyl groups is 1. The van der Waals surface area contributed by atoms with Gasteiger partial charge >= 0.3 is 0 Å². The zero-order valence-electron chi connectivity index (χ0n) is 12.9. The molecule has 1 aliphatic carbocycles. The monoisotopic (exact) mass is 277 g/mol. The van der Waals surface area contributed by atoms with Crippen molar-refractivity contribution in [3.8, 4) is 5.75 Å². The molecule has 0 saturated heterocycles. The molecule has 2 rings (SSSR count). The van der Waals surface area contributed by atoms with Gasteiger partial charge in [-0.3, -0.25) is 0 Å². The van der Waals surface area contributed by atoms with Crippen molar-refractivity contribution in [2.45, 2.75) is 58.6 Å². The van der Waals surface area contributed by atoms with Crippen molar-refractivity contribution in [1.82, 2.24) is 5.32 Å². The molecular weight excluding hydrogens is 250 g/mol. The molecule has 0 aliphatic heterocycles. The fourth-order valence-corrected chi connectivity index (χ4v) is 2.80. The average molecular weight is 277 g/mol. The van der Waals surface area contributed by atoms with E-state index in [4.69, 9.17) is 4.74 Å². The Hall–Kier alpha value is -1.06. The molecule has 3 heteroatoms. The summed E-state index contributed by atoms with van der Waals surface area (Å²) in [5, 5.41) is 13.3. The molecule has 0 bridgehead atoms. The van der Waals surface area contributed by atoms with E-state index in [9.17, 15) is 5.11 Å². The van der Waals surface area contributed by atoms with Gasteiger partial charge in [0.25, 0.3) is 0 Å². The van der Waals surface area contributed by atoms with Crippen LogP contribution in [0.3, 0.4) is 0 Å². The lowest BCUT2D eigenvalue weighted by atomic mass is 10.0. The first-order valence-electron chi connectivity index (χ1n) is 7.73. The summed E-state index contributed by atoms with van der Waals surface area (Å²) in [5.74, 6) is 0.971. The van der Waals surface area contributed by atoms with E-state index in [2.05, 4.69) is 38.2 Å². The summed E-state index contributed by atoms with van der Waals surface area (Å²) in [6.07, 6.45) is 3.82. The van der Waals surface area contributed by atoms with Crippen LogP contribution in [-0.2, 0) is 12.8 Å². The highest BCUT2D eigenvalue weighted by molar-refractivity contribution is 5.47. The third-order valence-corrected chi connectivity index (χ3v) is 3.94. The van der Waals surface area contributed by atoms with Crippen LogP contribution >= 0.6 is 0 Å². The molecule has 0 heterocycles. The van der Waals surface area contributed by atoms with Gasteiger partial charge in [0.1, 0.15) is 12.4 Å². The topological polar surface area (TPSA) is 41.5 Å². The van der Waals surface area contributed by atoms with Gasteiger partial charge in [-0.05, 0) is 61.9 Å². The van der Waals surface area contributed by atoms with Gasteiger partial charge in [0.2, 0.25) is 0 Å². The van der Waals surface area contributed by atoms with Gasteiger partial charge in [-0.2, -0.15) is 0 Å². The molecule has 0 spiro atoms. The van der Waals surface area contributed by atoms with Crippen LogP contribution < -0.4 is 10.1 Å². The normalized spacial score (nSPS) is 15.4. The van der Waals surface area contributed by atoms with E-state index in [1.54, 1.807) is 0 Å². The van der Waals surface area contributed by atoms with Crippen molar-refractivity contribution >= 4 is 0 Å². The zero-order chi connectivity index (χ0) is 14.5. The Labute approximate surface area is 122 Å². The highest BCUT2D eigenvalue weighted by Crippen LogP contribution is 2.33. The van der Waals surface area contributed by atoms with Gasteiger partial charge in [0, 0.05) is 6.04 Å². The quantitative estimate of drug-likeness (QED) is 0.805. The largest absolute Gasteiger partial charge is 0.491 e. The molecule has 0 saturated carbocycles. The first kappa shape index (κ1) is 15.3. The Morgan fingerprint density at radius 2 is 2.00 bits per heavy atom. The van der Waals surface area contributed by atoms with Crippen molar-refractivity contribution in [1.29, 1.82) is 0 Å². The molecule has 1 aromatic rings. The molecule has 112 valence electrons. The molecule has 20 heavy (non-hydrogen) atoms. The molecular formula is C17H27NO2. The van der Waals surface area contributed by atoms with Crippen LogP contribution in [0.1, 0.15) is 43.4 Å². The number of nitrogens with one attached hydrogen (secondary N) is 1. The Balaban J connectivity index is 1.84. The van der Waals surface area contributed by atoms with E-state index >= 15 is 0 Å². The summed E-state index contributed by atoms with van der Waals surface area (Å²) >= 11 is 0. The smallest absolute Gasteiger partial charge is 0.122 e. The minimum atomic E-state index is -0.403. The highest BCUT2D eigenvalue weighted by Gasteiger charge is 2.18. The standard InChI is InChI=1S/C17H27NO2/c1-12(2)18-10-9-14(19)11-20-17-8-7-13(3)15-5-4-6-16(15)17/h7-8,12,14,18-19H,4-6,9-11H2,1-3H3. The van der Waals surface area contributed by atoms with Crippen molar-refractivity contribution in [3.63, 3.8) is 0 Å². The minimum Gasteiger partial charge on any atom is -0.491 e. The fraction of sp³-hybridized carbons (Fsp3) is 0.647. The van der Waals surface area contributed by atoms with Gasteiger partial charge in [-0.15, -0.1) is 0 Å². The summed E-state index contributed by atoms with van der Waals surface area (Å²) in [5.41, 5.74) is 4.18. The van der Waals surface area contributed by atoms with Crippen LogP contribution in [0.2, 0.25) is 0 Å². The Bertz CT molecular complexity index is 443. The van der Waals surface area contributed by atoms with Crippen molar-refractivity contribution < 1.29 is 9.84 Å². The lowest BCUT2D eigenvalue weighted by molar-refractivity contribution is 0.0990. The predicted octanol–water partition coefficient (Wildman–Crippen LogP) is 2.61. The maximum absolute atomic E-state index is 9.96. The van der Waals surface area contributed by atoms with Gasteiger partial charge in [0.15, 0.2) is 0 Å². The lowest BCUT2D eigenvalue weighted by Gasteiger charge is -2.16. The number of rotatable bonds is 7. The number of fused-ring (bicyclic) bond motifs is 1. The first-order chi connectivity index (χ1) is 9.58. The van der Waals surface area contributed by atoms with E-state index in [1.165, 1.54) is 29.5 Å². The fourth-order valence-electron chi connectivity index (χ4n) is 2.80. The third kappa shape index (κ3) is 3.97. The zero-order valence-corrected chi connectivity index (χ0v) is 12.9. The van der Waals surface area contributed by atoms with E-state index in [0.29, 0.717) is 12.6 Å². The number of hydrogen-bond donors (Lipinski definition) is 2. The van der Waals surface area contributed by atoms with Gasteiger partial charge in [-0.25, -0.2) is 0 Å². The second kappa shape index (κ2) is 7.09. The second-order valence-corrected chi connectivity index (χ2v) is 6.05. The Kier molecular flexibility index (Phi) is 5.44. The summed E-state index contributed by atoms with van der Waals surface area (Å²) in [6.45, 7) is 7.60. The maximum atomic E-state index is 9.96. The molecule has 0 aromatic heterocycles. The third-order valence-electron chi connectivity index (χ3n) is 3.94. The summed E-state index contributed by atoms with van der Waals surface area (Å²) in [4.78, 5) is 0. The first-order valence-corrected chi connectivity index (χ1v) is 7.73. The molecule has 1 aromatic carbocycles. The summed E-state index contributed by atoms with van der Waals surface area (Å²) < 4.78 is 5.85. The molecule has 3 nitrogen and oxygen atoms in total. The molecule has 1 unspecified atom stereocenters. The molecule has 1 atom stereocenters. The minimum absolute atomic E-state index is 0.384. The van der Waals surface area contributed by atoms with E-state index in [-0.39, 0.29) is 0 Å². The number of ether oxygens (including phenoxy) is 1. The van der Waals surface area contributed by atoms with Crippen LogP contribution in [0, 0.1) is 6.92 Å². The molecule has 0 fully saturated rings. The SMILES string of the molecule is Cc1ccc(OCC(O)CCNC(C)C)c2c1CCC2. The number of hydrogen-bond acceptors (Lipinski definition) is 3.